The van der Waals surface area contributed by atoms with E-state index in [0.29, 0.717) is 37.2 Å². The molecule has 344 valence electrons. The second-order valence-corrected chi connectivity index (χ2v) is 20.2. The van der Waals surface area contributed by atoms with Crippen LogP contribution in [0.1, 0.15) is 88.8 Å². The highest BCUT2D eigenvalue weighted by Crippen LogP contribution is 2.66. The van der Waals surface area contributed by atoms with Gasteiger partial charge in [0.2, 0.25) is 5.91 Å². The van der Waals surface area contributed by atoms with E-state index in [-0.39, 0.29) is 74.3 Å². The summed E-state index contributed by atoms with van der Waals surface area (Å²) in [6.45, 7) is -0.957. The van der Waals surface area contributed by atoms with E-state index in [1.807, 2.05) is 0 Å². The molecular weight excluding hydrogens is 919 g/mol. The van der Waals surface area contributed by atoms with Gasteiger partial charge in [0, 0.05) is 62.6 Å². The number of Topliss-reactive ketones (excluding diaryl/α,β-unsaturated/α-hetero) is 2. The van der Waals surface area contributed by atoms with Crippen LogP contribution in [0.2, 0.25) is 0 Å². The Hall–Kier alpha value is -3.02. The Kier molecular flexibility index (Phi) is 23.0. The average Bonchev–Trinajstić information content (AvgIpc) is 3.50. The number of nitrogens with zero attached hydrogens (tertiary/aromatic N) is 2. The summed E-state index contributed by atoms with van der Waals surface area (Å²) in [5.41, 5.74) is 11.0. The molecule has 1 saturated heterocycles. The SMILES string of the molecule is Nc1nc(=O)n([C@H]2CC(O)[C@@H](COP(=O)(O)OP(=O)(O)OP(=O)(O)O)O2)cc1C#CCCC(=O)CCSSCC(N)C(=O)CCCCCCC(=O)NC(CCC(=O)O)C(=O)O. The van der Waals surface area contributed by atoms with Crippen molar-refractivity contribution < 1.29 is 90.4 Å². The zero-order valence-electron chi connectivity index (χ0n) is 32.2. The molecule has 25 nitrogen and oxygen atoms in total. The second kappa shape index (κ2) is 25.9. The van der Waals surface area contributed by atoms with Gasteiger partial charge in [0.25, 0.3) is 0 Å². The molecule has 12 N–H and O–H groups in total. The predicted molar refractivity (Wildman–Crippen MR) is 215 cm³/mol. The quantitative estimate of drug-likeness (QED) is 0.0231. The number of carboxylic acid groups (broad SMARTS) is 2. The van der Waals surface area contributed by atoms with E-state index >= 15 is 0 Å². The first kappa shape index (κ1) is 54.1. The maximum atomic E-state index is 12.6. The summed E-state index contributed by atoms with van der Waals surface area (Å²) >= 11 is 0. The Labute approximate surface area is 355 Å². The number of carboxylic acids is 2. The number of amides is 1. The van der Waals surface area contributed by atoms with Crippen molar-refractivity contribution in [3.05, 3.63) is 22.2 Å². The van der Waals surface area contributed by atoms with Crippen molar-refractivity contribution in [1.82, 2.24) is 14.9 Å². The molecular formula is C31H48N5O20P3S2. The van der Waals surface area contributed by atoms with Gasteiger partial charge in [-0.05, 0) is 19.3 Å². The molecule has 2 heterocycles. The number of carbonyl (C=O) groups is 5. The molecule has 61 heavy (non-hydrogen) atoms. The molecule has 1 aromatic heterocycles. The molecule has 1 aliphatic heterocycles. The number of carbonyl (C=O) groups excluding carboxylic acids is 3. The van der Waals surface area contributed by atoms with E-state index in [1.54, 1.807) is 0 Å². The van der Waals surface area contributed by atoms with Gasteiger partial charge in [0.15, 0.2) is 0 Å². The van der Waals surface area contributed by atoms with E-state index in [9.17, 15) is 57.4 Å². The van der Waals surface area contributed by atoms with Gasteiger partial charge >= 0.3 is 41.1 Å². The van der Waals surface area contributed by atoms with Gasteiger partial charge < -0.3 is 56.4 Å². The summed E-state index contributed by atoms with van der Waals surface area (Å²) in [6, 6.07) is -1.97. The Bertz CT molecular complexity index is 1980. The van der Waals surface area contributed by atoms with Gasteiger partial charge in [0.05, 0.1) is 24.3 Å². The minimum atomic E-state index is -5.77. The second-order valence-electron chi connectivity index (χ2n) is 13.1. The number of ketones is 2. The van der Waals surface area contributed by atoms with Crippen LogP contribution in [0.25, 0.3) is 0 Å². The number of anilines is 1. The number of nitrogens with one attached hydrogen (secondary N) is 1. The molecule has 7 atom stereocenters. The van der Waals surface area contributed by atoms with E-state index < -0.39 is 84.1 Å². The lowest BCUT2D eigenvalue weighted by Gasteiger charge is -2.19. The fraction of sp³-hybridized carbons (Fsp3) is 0.645. The molecule has 0 radical (unpaired) electrons. The third kappa shape index (κ3) is 22.3. The number of ether oxygens (including phenoxy) is 1. The van der Waals surface area contributed by atoms with Crippen LogP contribution >= 0.6 is 45.1 Å². The number of rotatable bonds is 29. The summed E-state index contributed by atoms with van der Waals surface area (Å²) < 4.78 is 52.5. The first-order chi connectivity index (χ1) is 28.4. The average molecular weight is 968 g/mol. The summed E-state index contributed by atoms with van der Waals surface area (Å²) in [5, 5.41) is 30.5. The molecule has 1 amide bonds. The van der Waals surface area contributed by atoms with Crippen molar-refractivity contribution in [2.75, 3.05) is 23.8 Å². The number of hydrogen-bond acceptors (Lipinski definition) is 19. The minimum Gasteiger partial charge on any atom is -0.481 e. The third-order valence-corrected chi connectivity index (χ3v) is 14.4. The highest BCUT2D eigenvalue weighted by Gasteiger charge is 2.43. The van der Waals surface area contributed by atoms with Gasteiger partial charge in [-0.1, -0.05) is 46.3 Å². The number of unbranched alkanes of at least 4 members (excludes halogenated alkanes) is 3. The normalized spacial score (nSPS) is 19.4. The van der Waals surface area contributed by atoms with E-state index in [4.69, 9.17) is 36.2 Å². The molecule has 1 aromatic rings. The lowest BCUT2D eigenvalue weighted by Crippen LogP contribution is -2.41. The van der Waals surface area contributed by atoms with Crippen LogP contribution in [0.4, 0.5) is 5.82 Å². The van der Waals surface area contributed by atoms with Gasteiger partial charge in [-0.2, -0.15) is 13.6 Å². The van der Waals surface area contributed by atoms with Crippen LogP contribution in [0.3, 0.4) is 0 Å². The Morgan fingerprint density at radius 2 is 1.64 bits per heavy atom. The largest absolute Gasteiger partial charge is 0.490 e. The Morgan fingerprint density at radius 3 is 2.28 bits per heavy atom. The van der Waals surface area contributed by atoms with Crippen LogP contribution in [0, 0.1) is 11.8 Å². The number of nitrogens with two attached hydrogens (primary N) is 2. The monoisotopic (exact) mass is 967 g/mol. The smallest absolute Gasteiger partial charge is 0.481 e. The van der Waals surface area contributed by atoms with Crippen molar-refractivity contribution in [3.63, 3.8) is 0 Å². The van der Waals surface area contributed by atoms with Gasteiger partial charge in [-0.25, -0.2) is 23.3 Å². The van der Waals surface area contributed by atoms with Crippen LogP contribution in [-0.2, 0) is 55.5 Å². The van der Waals surface area contributed by atoms with E-state index in [1.165, 1.54) is 27.8 Å². The molecule has 0 bridgehead atoms. The van der Waals surface area contributed by atoms with Gasteiger partial charge in [-0.3, -0.25) is 28.3 Å². The minimum absolute atomic E-state index is 0.0705. The summed E-state index contributed by atoms with van der Waals surface area (Å²) in [5.74, 6) is 2.84. The molecule has 5 unspecified atom stereocenters. The van der Waals surface area contributed by atoms with Crippen molar-refractivity contribution in [1.29, 1.82) is 0 Å². The fourth-order valence-corrected chi connectivity index (χ4v) is 10.3. The first-order valence-electron chi connectivity index (χ1n) is 18.2. The summed E-state index contributed by atoms with van der Waals surface area (Å²) in [4.78, 5) is 111. The molecule has 0 spiro atoms. The fourth-order valence-electron chi connectivity index (χ4n) is 5.12. The Balaban J connectivity index is 1.68. The lowest BCUT2D eigenvalue weighted by molar-refractivity contribution is -0.143. The van der Waals surface area contributed by atoms with Gasteiger partial charge in [0.1, 0.15) is 35.8 Å². The number of phosphoric acid groups is 3. The number of aliphatic carboxylic acids is 2. The van der Waals surface area contributed by atoms with Crippen LogP contribution in [-0.4, -0.2) is 116 Å². The highest BCUT2D eigenvalue weighted by atomic mass is 33.1. The molecule has 0 aliphatic carbocycles. The molecule has 1 fully saturated rings. The first-order valence-corrected chi connectivity index (χ1v) is 25.2. The number of aliphatic hydroxyl groups is 1. The number of hydrogen-bond donors (Lipinski definition) is 10. The maximum absolute atomic E-state index is 12.6. The number of nitrogen functional groups attached to an aromatic ring is 1. The number of aromatic nitrogens is 2. The Morgan fingerprint density at radius 1 is 0.967 bits per heavy atom. The molecule has 0 aromatic carbocycles. The predicted octanol–water partition coefficient (Wildman–Crippen LogP) is 0.961. The summed E-state index contributed by atoms with van der Waals surface area (Å²) in [7, 11) is -14.2. The number of phosphoric ester groups is 1. The summed E-state index contributed by atoms with van der Waals surface area (Å²) in [6.07, 6.45) is -0.678. The molecule has 30 heteroatoms. The van der Waals surface area contributed by atoms with Gasteiger partial charge in [-0.15, -0.1) is 0 Å². The van der Waals surface area contributed by atoms with Crippen LogP contribution < -0.4 is 22.5 Å². The third-order valence-electron chi connectivity index (χ3n) is 8.13. The topological polar surface area (TPSA) is 414 Å². The van der Waals surface area contributed by atoms with Crippen molar-refractivity contribution in [3.8, 4) is 11.8 Å². The molecule has 0 saturated carbocycles. The maximum Gasteiger partial charge on any atom is 0.490 e. The standard InChI is InChI=1S/C31H48N5O20P3S2/c32-21(23(38)9-3-1-2-4-10-26(40)34-22(30(43)44)11-12-28(41)42)18-61-60-14-13-20(37)8-6-5-7-19-16-36(31(45)35-29(19)33)27-15-24(39)25(54-27)17-53-58(49,50)56-59(51,52)55-57(46,47)48/h16,21-22,24-25,27,39H,1-4,6,8-15,17-18,32H2,(H,34,40)(H,41,42)(H,43,44)(H,49,50)(H,51,52)(H2,33,35,45)(H2,46,47,48)/t21?,22?,24?,25-,27-/m1/s1. The zero-order valence-corrected chi connectivity index (χ0v) is 36.5. The highest BCUT2D eigenvalue weighted by molar-refractivity contribution is 8.76. The van der Waals surface area contributed by atoms with Crippen molar-refractivity contribution >= 4 is 80.3 Å². The molecule has 2 rings (SSSR count). The van der Waals surface area contributed by atoms with Crippen LogP contribution in [0.15, 0.2) is 11.0 Å². The molecule has 1 aliphatic rings. The van der Waals surface area contributed by atoms with Crippen LogP contribution in [0.5, 0.6) is 0 Å². The number of aliphatic hydroxyl groups excluding tert-OH is 1. The van der Waals surface area contributed by atoms with E-state index in [2.05, 4.69) is 35.3 Å². The van der Waals surface area contributed by atoms with Crippen molar-refractivity contribution in [2.24, 2.45) is 5.73 Å². The van der Waals surface area contributed by atoms with Crippen molar-refractivity contribution in [2.45, 2.75) is 108 Å². The lowest BCUT2D eigenvalue weighted by atomic mass is 10.1. The van der Waals surface area contributed by atoms with E-state index in [0.717, 1.165) is 4.57 Å². The zero-order chi connectivity index (χ0) is 46.0.